The highest BCUT2D eigenvalue weighted by Gasteiger charge is 2.32. The van der Waals surface area contributed by atoms with E-state index < -0.39 is 11.7 Å². The van der Waals surface area contributed by atoms with Crippen molar-refractivity contribution in [3.63, 3.8) is 0 Å². The van der Waals surface area contributed by atoms with E-state index in [0.717, 1.165) is 23.9 Å². The molecule has 1 aromatic carbocycles. The summed E-state index contributed by atoms with van der Waals surface area (Å²) < 4.78 is 13.8. The van der Waals surface area contributed by atoms with Crippen molar-refractivity contribution in [2.45, 2.75) is 33.2 Å². The third-order valence-electron chi connectivity index (χ3n) is 4.76. The molecule has 0 fully saturated rings. The highest BCUT2D eigenvalue weighted by Crippen LogP contribution is 2.43. The molecule has 0 saturated heterocycles. The molecule has 0 bridgehead atoms. The van der Waals surface area contributed by atoms with Crippen LogP contribution in [0.1, 0.15) is 47.6 Å². The molecule has 1 aliphatic heterocycles. The van der Waals surface area contributed by atoms with Crippen LogP contribution >= 0.6 is 11.3 Å². The van der Waals surface area contributed by atoms with E-state index in [2.05, 4.69) is 42.1 Å². The maximum atomic E-state index is 13.8. The highest BCUT2D eigenvalue weighted by molar-refractivity contribution is 7.15. The first-order chi connectivity index (χ1) is 12.2. The van der Waals surface area contributed by atoms with Crippen LogP contribution in [0, 0.1) is 11.2 Å². The Balaban J connectivity index is 1.83. The number of carbonyl (C=O) groups is 1. The standard InChI is InChI=1S/C19H21FN4OS/c1-19(2,3)16-15-9(4-5-22-16)6-13(26-15)18-23-12-8-10(20)7-11(17(21)25)14(12)24-18/h6-8,16,22H,4-5H2,1-3H3,(H2,21,25)(H,23,24). The van der Waals surface area contributed by atoms with Crippen molar-refractivity contribution in [3.05, 3.63) is 40.0 Å². The Bertz CT molecular complexity index is 1010. The minimum atomic E-state index is -0.685. The molecule has 5 nitrogen and oxygen atoms in total. The van der Waals surface area contributed by atoms with Crippen molar-refractivity contribution < 1.29 is 9.18 Å². The molecule has 4 N–H and O–H groups in total. The van der Waals surface area contributed by atoms with Gasteiger partial charge >= 0.3 is 0 Å². The molecule has 0 radical (unpaired) electrons. The number of benzene rings is 1. The zero-order valence-corrected chi connectivity index (χ0v) is 15.8. The molecular formula is C19H21FN4OS. The summed E-state index contributed by atoms with van der Waals surface area (Å²) in [5, 5.41) is 3.61. The molecule has 2 aromatic heterocycles. The third-order valence-corrected chi connectivity index (χ3v) is 6.01. The minimum Gasteiger partial charge on any atom is -0.366 e. The van der Waals surface area contributed by atoms with Crippen molar-refractivity contribution in [1.29, 1.82) is 0 Å². The molecule has 1 aliphatic rings. The Kier molecular flexibility index (Phi) is 3.89. The van der Waals surface area contributed by atoms with E-state index in [0.29, 0.717) is 16.9 Å². The average Bonchev–Trinajstić information content (AvgIpc) is 3.15. The van der Waals surface area contributed by atoms with Crippen LogP contribution in [0.25, 0.3) is 21.7 Å². The minimum absolute atomic E-state index is 0.0954. The predicted octanol–water partition coefficient (Wildman–Crippen LogP) is 3.76. The summed E-state index contributed by atoms with van der Waals surface area (Å²) in [5.41, 5.74) is 7.79. The van der Waals surface area contributed by atoms with Gasteiger partial charge < -0.3 is 16.0 Å². The number of H-pyrrole nitrogens is 1. The fourth-order valence-corrected chi connectivity index (χ4v) is 5.01. The summed E-state index contributed by atoms with van der Waals surface area (Å²) >= 11 is 1.69. The lowest BCUT2D eigenvalue weighted by Crippen LogP contribution is -2.36. The van der Waals surface area contributed by atoms with E-state index in [-0.39, 0.29) is 17.0 Å². The average molecular weight is 372 g/mol. The molecule has 3 heterocycles. The number of carbonyl (C=O) groups excluding carboxylic acids is 1. The number of halogens is 1. The Labute approximate surface area is 154 Å². The lowest BCUT2D eigenvalue weighted by atomic mass is 9.82. The van der Waals surface area contributed by atoms with E-state index in [1.54, 1.807) is 11.3 Å². The third kappa shape index (κ3) is 2.81. The van der Waals surface area contributed by atoms with Crippen LogP contribution in [0.3, 0.4) is 0 Å². The van der Waals surface area contributed by atoms with E-state index in [1.165, 1.54) is 16.5 Å². The second kappa shape index (κ2) is 5.89. The Hall–Kier alpha value is -2.25. The Morgan fingerprint density at radius 2 is 2.12 bits per heavy atom. The molecule has 1 unspecified atom stereocenters. The maximum absolute atomic E-state index is 13.8. The monoisotopic (exact) mass is 372 g/mol. The van der Waals surface area contributed by atoms with Crippen LogP contribution in [-0.2, 0) is 6.42 Å². The van der Waals surface area contributed by atoms with Crippen LogP contribution in [0.15, 0.2) is 18.2 Å². The van der Waals surface area contributed by atoms with Gasteiger partial charge in [-0.3, -0.25) is 4.79 Å². The number of hydrogen-bond donors (Lipinski definition) is 3. The fraction of sp³-hybridized carbons (Fsp3) is 0.368. The van der Waals surface area contributed by atoms with Crippen LogP contribution < -0.4 is 11.1 Å². The van der Waals surface area contributed by atoms with Gasteiger partial charge in [-0.05, 0) is 42.1 Å². The molecule has 26 heavy (non-hydrogen) atoms. The number of nitrogens with one attached hydrogen (secondary N) is 2. The van der Waals surface area contributed by atoms with Gasteiger partial charge in [-0.15, -0.1) is 11.3 Å². The van der Waals surface area contributed by atoms with Crippen LogP contribution in [0.5, 0.6) is 0 Å². The van der Waals surface area contributed by atoms with Crippen LogP contribution in [-0.4, -0.2) is 22.4 Å². The summed E-state index contributed by atoms with van der Waals surface area (Å²) in [4.78, 5) is 21.6. The fourth-order valence-electron chi connectivity index (χ4n) is 3.53. The quantitative estimate of drug-likeness (QED) is 0.640. The van der Waals surface area contributed by atoms with Gasteiger partial charge in [-0.25, -0.2) is 9.37 Å². The van der Waals surface area contributed by atoms with Crippen molar-refractivity contribution in [2.24, 2.45) is 11.1 Å². The second-order valence-corrected chi connectivity index (χ2v) is 8.89. The first kappa shape index (κ1) is 17.2. The van der Waals surface area contributed by atoms with Gasteiger partial charge in [0.2, 0.25) is 0 Å². The second-order valence-electron chi connectivity index (χ2n) is 7.80. The number of aromatic nitrogens is 2. The predicted molar refractivity (Wildman–Crippen MR) is 102 cm³/mol. The Morgan fingerprint density at radius 1 is 1.35 bits per heavy atom. The lowest BCUT2D eigenvalue weighted by Gasteiger charge is -2.34. The van der Waals surface area contributed by atoms with E-state index in [9.17, 15) is 9.18 Å². The van der Waals surface area contributed by atoms with Gasteiger partial charge in [-0.2, -0.15) is 0 Å². The number of imidazole rings is 1. The number of primary amides is 1. The van der Waals surface area contributed by atoms with Crippen molar-refractivity contribution >= 4 is 28.3 Å². The van der Waals surface area contributed by atoms with Crippen LogP contribution in [0.2, 0.25) is 0 Å². The summed E-state index contributed by atoms with van der Waals surface area (Å²) in [5.74, 6) is -0.556. The van der Waals surface area contributed by atoms with Gasteiger partial charge in [0.25, 0.3) is 5.91 Å². The number of nitrogens with two attached hydrogens (primary N) is 1. The number of thiophene rings is 1. The van der Waals surface area contributed by atoms with Crippen molar-refractivity contribution in [2.75, 3.05) is 6.54 Å². The van der Waals surface area contributed by atoms with Crippen LogP contribution in [0.4, 0.5) is 4.39 Å². The summed E-state index contributed by atoms with van der Waals surface area (Å²) in [6.45, 7) is 7.62. The van der Waals surface area contributed by atoms with E-state index >= 15 is 0 Å². The van der Waals surface area contributed by atoms with Crippen molar-refractivity contribution in [3.8, 4) is 10.7 Å². The van der Waals surface area contributed by atoms with E-state index in [4.69, 9.17) is 5.73 Å². The Morgan fingerprint density at radius 3 is 2.81 bits per heavy atom. The highest BCUT2D eigenvalue weighted by atomic mass is 32.1. The lowest BCUT2D eigenvalue weighted by molar-refractivity contribution is 0.100. The maximum Gasteiger partial charge on any atom is 0.251 e. The number of hydrogen-bond acceptors (Lipinski definition) is 4. The van der Waals surface area contributed by atoms with Gasteiger partial charge in [-0.1, -0.05) is 20.8 Å². The molecule has 3 aromatic rings. The number of nitrogens with zero attached hydrogens (tertiary/aromatic N) is 1. The molecule has 0 aliphatic carbocycles. The molecule has 136 valence electrons. The topological polar surface area (TPSA) is 83.8 Å². The zero-order chi connectivity index (χ0) is 18.6. The van der Waals surface area contributed by atoms with Gasteiger partial charge in [0.05, 0.1) is 16.0 Å². The SMILES string of the molecule is CC(C)(C)C1NCCc2cc(-c3nc4c(C(N)=O)cc(F)cc4[nH]3)sc21. The number of fused-ring (bicyclic) bond motifs is 2. The summed E-state index contributed by atoms with van der Waals surface area (Å²) in [6, 6.07) is 4.91. The molecular weight excluding hydrogens is 351 g/mol. The number of rotatable bonds is 2. The van der Waals surface area contributed by atoms with E-state index in [1.807, 2.05) is 0 Å². The number of aromatic amines is 1. The van der Waals surface area contributed by atoms with Gasteiger partial charge in [0.15, 0.2) is 0 Å². The largest absolute Gasteiger partial charge is 0.366 e. The first-order valence-electron chi connectivity index (χ1n) is 8.59. The molecule has 7 heteroatoms. The normalized spacial score (nSPS) is 17.5. The van der Waals surface area contributed by atoms with Crippen molar-refractivity contribution in [1.82, 2.24) is 15.3 Å². The van der Waals surface area contributed by atoms with Gasteiger partial charge in [0, 0.05) is 10.9 Å². The first-order valence-corrected chi connectivity index (χ1v) is 9.41. The molecule has 4 rings (SSSR count). The number of amides is 1. The molecule has 1 atom stereocenters. The summed E-state index contributed by atoms with van der Waals surface area (Å²) in [6.07, 6.45) is 0.972. The summed E-state index contributed by atoms with van der Waals surface area (Å²) in [7, 11) is 0. The molecule has 0 spiro atoms. The van der Waals surface area contributed by atoms with Gasteiger partial charge in [0.1, 0.15) is 17.2 Å². The molecule has 0 saturated carbocycles. The zero-order valence-electron chi connectivity index (χ0n) is 14.9. The smallest absolute Gasteiger partial charge is 0.251 e. The molecule has 1 amide bonds.